The Kier molecular flexibility index (Phi) is 4.88. The molecule has 2 saturated heterocycles. The van der Waals surface area contributed by atoms with E-state index in [1.807, 2.05) is 12.4 Å². The summed E-state index contributed by atoms with van der Waals surface area (Å²) in [7, 11) is 0. The summed E-state index contributed by atoms with van der Waals surface area (Å²) in [6.07, 6.45) is 9.20. The van der Waals surface area contributed by atoms with Crippen LogP contribution in [0.2, 0.25) is 0 Å². The Bertz CT molecular complexity index is 428. The Morgan fingerprint density at radius 2 is 1.86 bits per heavy atom. The summed E-state index contributed by atoms with van der Waals surface area (Å²) < 4.78 is 0. The van der Waals surface area contributed by atoms with Crippen LogP contribution >= 0.6 is 0 Å². The van der Waals surface area contributed by atoms with Gasteiger partial charge in [0, 0.05) is 43.6 Å². The number of nitrogens with zero attached hydrogens (tertiary/aromatic N) is 3. The topological polar surface area (TPSA) is 45.4 Å². The predicted octanol–water partition coefficient (Wildman–Crippen LogP) is 2.03. The van der Waals surface area contributed by atoms with Crippen molar-refractivity contribution < 1.29 is 0 Å². The molecule has 21 heavy (non-hydrogen) atoms. The Morgan fingerprint density at radius 1 is 1.14 bits per heavy atom. The van der Waals surface area contributed by atoms with Gasteiger partial charge in [-0.1, -0.05) is 6.42 Å². The van der Waals surface area contributed by atoms with Crippen molar-refractivity contribution in [2.24, 2.45) is 5.73 Å². The molecule has 1 aromatic heterocycles. The average molecular weight is 288 g/mol. The third kappa shape index (κ3) is 3.44. The number of piperidine rings is 1. The summed E-state index contributed by atoms with van der Waals surface area (Å²) >= 11 is 0. The summed E-state index contributed by atoms with van der Waals surface area (Å²) in [4.78, 5) is 9.42. The first-order valence-corrected chi connectivity index (χ1v) is 8.39. The molecule has 2 aliphatic heterocycles. The molecule has 4 heteroatoms. The molecule has 0 amide bonds. The molecule has 116 valence electrons. The molecular weight excluding hydrogens is 260 g/mol. The van der Waals surface area contributed by atoms with Crippen LogP contribution < -0.4 is 5.73 Å². The quantitative estimate of drug-likeness (QED) is 0.921. The molecule has 0 spiro atoms. The summed E-state index contributed by atoms with van der Waals surface area (Å²) in [6, 6.07) is 5.42. The molecule has 3 unspecified atom stereocenters. The van der Waals surface area contributed by atoms with Crippen molar-refractivity contribution in [2.75, 3.05) is 26.2 Å². The summed E-state index contributed by atoms with van der Waals surface area (Å²) in [6.45, 7) is 7.02. The van der Waals surface area contributed by atoms with Crippen LogP contribution in [0.5, 0.6) is 0 Å². The predicted molar refractivity (Wildman–Crippen MR) is 86.0 cm³/mol. The minimum absolute atomic E-state index is 0.146. The van der Waals surface area contributed by atoms with Gasteiger partial charge in [-0.15, -0.1) is 0 Å². The largest absolute Gasteiger partial charge is 0.326 e. The van der Waals surface area contributed by atoms with E-state index in [-0.39, 0.29) is 6.04 Å². The van der Waals surface area contributed by atoms with Crippen molar-refractivity contribution in [3.63, 3.8) is 0 Å². The van der Waals surface area contributed by atoms with Gasteiger partial charge in [-0.2, -0.15) is 0 Å². The van der Waals surface area contributed by atoms with Crippen molar-refractivity contribution >= 4 is 0 Å². The van der Waals surface area contributed by atoms with E-state index in [2.05, 4.69) is 33.8 Å². The number of nitrogens with two attached hydrogens (primary N) is 1. The number of hydrogen-bond acceptors (Lipinski definition) is 4. The zero-order valence-corrected chi connectivity index (χ0v) is 13.1. The van der Waals surface area contributed by atoms with Crippen LogP contribution in [0, 0.1) is 0 Å². The summed E-state index contributed by atoms with van der Waals surface area (Å²) in [5.41, 5.74) is 7.60. The highest BCUT2D eigenvalue weighted by molar-refractivity contribution is 5.17. The van der Waals surface area contributed by atoms with Gasteiger partial charge in [0.1, 0.15) is 0 Å². The standard InChI is InChI=1S/C17H28N4/c1-14(18)17(15-5-8-19-9-6-15)21-12-7-16(13-21)20-10-3-2-4-11-20/h5-6,8-9,14,16-17H,2-4,7,10-13,18H2,1H3. The fourth-order valence-corrected chi connectivity index (χ4v) is 4.01. The van der Waals surface area contributed by atoms with E-state index < -0.39 is 0 Å². The van der Waals surface area contributed by atoms with Crippen LogP contribution in [0.3, 0.4) is 0 Å². The number of aromatic nitrogens is 1. The van der Waals surface area contributed by atoms with Crippen LogP contribution in [0.4, 0.5) is 0 Å². The fourth-order valence-electron chi connectivity index (χ4n) is 4.01. The van der Waals surface area contributed by atoms with E-state index in [9.17, 15) is 0 Å². The lowest BCUT2D eigenvalue weighted by atomic mass is 10.0. The average Bonchev–Trinajstić information content (AvgIpc) is 2.98. The van der Waals surface area contributed by atoms with Gasteiger partial charge in [0.05, 0.1) is 0 Å². The van der Waals surface area contributed by atoms with Crippen LogP contribution in [0.25, 0.3) is 0 Å². The first-order chi connectivity index (χ1) is 10.3. The smallest absolute Gasteiger partial charge is 0.0498 e. The number of rotatable bonds is 4. The Hall–Kier alpha value is -0.970. The molecule has 2 N–H and O–H groups in total. The van der Waals surface area contributed by atoms with Gasteiger partial charge < -0.3 is 5.73 Å². The summed E-state index contributed by atoms with van der Waals surface area (Å²) in [5.74, 6) is 0. The molecule has 0 bridgehead atoms. The maximum Gasteiger partial charge on any atom is 0.0498 e. The van der Waals surface area contributed by atoms with Crippen molar-refractivity contribution in [1.29, 1.82) is 0 Å². The van der Waals surface area contributed by atoms with Crippen molar-refractivity contribution in [2.45, 2.75) is 50.7 Å². The molecule has 4 nitrogen and oxygen atoms in total. The van der Waals surface area contributed by atoms with E-state index in [1.54, 1.807) is 0 Å². The van der Waals surface area contributed by atoms with Gasteiger partial charge in [0.15, 0.2) is 0 Å². The SMILES string of the molecule is CC(N)C(c1ccncc1)N1CCC(N2CCCCC2)C1. The Labute approximate surface area is 128 Å². The number of pyridine rings is 1. The third-order valence-corrected chi connectivity index (χ3v) is 5.04. The van der Waals surface area contributed by atoms with Crippen LogP contribution in [-0.2, 0) is 0 Å². The molecule has 2 aliphatic rings. The van der Waals surface area contributed by atoms with E-state index in [1.165, 1.54) is 44.3 Å². The van der Waals surface area contributed by atoms with Crippen molar-refractivity contribution in [1.82, 2.24) is 14.8 Å². The highest BCUT2D eigenvalue weighted by Gasteiger charge is 2.34. The maximum atomic E-state index is 6.30. The van der Waals surface area contributed by atoms with Gasteiger partial charge in [-0.05, 0) is 57.0 Å². The van der Waals surface area contributed by atoms with Gasteiger partial charge in [0.25, 0.3) is 0 Å². The van der Waals surface area contributed by atoms with E-state index >= 15 is 0 Å². The second-order valence-corrected chi connectivity index (χ2v) is 6.62. The number of likely N-dealkylation sites (tertiary alicyclic amines) is 2. The lowest BCUT2D eigenvalue weighted by Gasteiger charge is -2.34. The second kappa shape index (κ2) is 6.86. The monoisotopic (exact) mass is 288 g/mol. The fraction of sp³-hybridized carbons (Fsp3) is 0.706. The number of hydrogen-bond donors (Lipinski definition) is 1. The highest BCUT2D eigenvalue weighted by Crippen LogP contribution is 2.29. The van der Waals surface area contributed by atoms with Crippen molar-refractivity contribution in [3.05, 3.63) is 30.1 Å². The van der Waals surface area contributed by atoms with Crippen LogP contribution in [-0.4, -0.2) is 53.0 Å². The molecule has 3 heterocycles. The third-order valence-electron chi connectivity index (χ3n) is 5.04. The van der Waals surface area contributed by atoms with Crippen LogP contribution in [0.15, 0.2) is 24.5 Å². The minimum atomic E-state index is 0.146. The van der Waals surface area contributed by atoms with Gasteiger partial charge in [0.2, 0.25) is 0 Å². The Balaban J connectivity index is 1.68. The summed E-state index contributed by atoms with van der Waals surface area (Å²) in [5, 5.41) is 0. The van der Waals surface area contributed by atoms with Gasteiger partial charge in [-0.25, -0.2) is 0 Å². The minimum Gasteiger partial charge on any atom is -0.326 e. The molecule has 2 fully saturated rings. The lowest BCUT2D eigenvalue weighted by Crippen LogP contribution is -2.43. The lowest BCUT2D eigenvalue weighted by molar-refractivity contribution is 0.147. The molecule has 0 saturated carbocycles. The second-order valence-electron chi connectivity index (χ2n) is 6.62. The van der Waals surface area contributed by atoms with E-state index in [0.717, 1.165) is 19.1 Å². The maximum absolute atomic E-state index is 6.30. The highest BCUT2D eigenvalue weighted by atomic mass is 15.3. The molecule has 0 radical (unpaired) electrons. The van der Waals surface area contributed by atoms with Gasteiger partial charge in [-0.3, -0.25) is 14.8 Å². The van der Waals surface area contributed by atoms with Crippen molar-refractivity contribution in [3.8, 4) is 0 Å². The van der Waals surface area contributed by atoms with E-state index in [4.69, 9.17) is 5.73 Å². The van der Waals surface area contributed by atoms with E-state index in [0.29, 0.717) is 6.04 Å². The molecule has 3 atom stereocenters. The van der Waals surface area contributed by atoms with Gasteiger partial charge >= 0.3 is 0 Å². The molecular formula is C17H28N4. The molecule has 0 aromatic carbocycles. The normalized spacial score (nSPS) is 27.6. The zero-order valence-electron chi connectivity index (χ0n) is 13.1. The molecule has 0 aliphatic carbocycles. The first kappa shape index (κ1) is 14.9. The zero-order chi connectivity index (χ0) is 14.7. The Morgan fingerprint density at radius 3 is 2.52 bits per heavy atom. The van der Waals surface area contributed by atoms with Crippen LogP contribution in [0.1, 0.15) is 44.2 Å². The first-order valence-electron chi connectivity index (χ1n) is 8.39. The molecule has 1 aromatic rings. The molecule has 3 rings (SSSR count).